The molecule has 1 aliphatic carbocycles. The maximum atomic E-state index is 13.5. The first-order valence-electron chi connectivity index (χ1n) is 15.9. The van der Waals surface area contributed by atoms with E-state index in [9.17, 15) is 9.59 Å². The number of ether oxygens (including phenoxy) is 2. The van der Waals surface area contributed by atoms with Crippen LogP contribution < -0.4 is 9.33 Å². The van der Waals surface area contributed by atoms with Crippen LogP contribution >= 0.6 is 0 Å². The molecule has 0 aliphatic heterocycles. The normalized spacial score (nSPS) is 14.0. The first-order chi connectivity index (χ1) is 21.8. The summed E-state index contributed by atoms with van der Waals surface area (Å²) in [6, 6.07) is 23.5. The summed E-state index contributed by atoms with van der Waals surface area (Å²) >= 11 is 0. The van der Waals surface area contributed by atoms with Gasteiger partial charge in [-0.3, -0.25) is 4.79 Å². The van der Waals surface area contributed by atoms with Gasteiger partial charge in [0.1, 0.15) is 17.1 Å². The molecular formula is C37H44N2O6Si. The first kappa shape index (κ1) is 33.0. The maximum absolute atomic E-state index is 13.5. The van der Waals surface area contributed by atoms with Crippen LogP contribution in [0.15, 0.2) is 77.3 Å². The van der Waals surface area contributed by atoms with E-state index in [1.807, 2.05) is 86.6 Å². The average molecular weight is 641 g/mol. The predicted molar refractivity (Wildman–Crippen MR) is 183 cm³/mol. The third kappa shape index (κ3) is 6.47. The standard InChI is InChI=1S/C37H44N2O6Si/c1-9-42-34(40)37(22-23-37)29-20-18-27(19-21-29)26-14-16-28(17-15-26)33-32(25(3)38-44-33)39(35(41)43-10-2)30-12-11-13-31(24-30)45-46(7,8)36(4,5)6/h11-21,24H,9-10,22-23H2,1-8H3. The number of hydrogen-bond acceptors (Lipinski definition) is 7. The molecule has 0 bridgehead atoms. The molecule has 9 heteroatoms. The van der Waals surface area contributed by atoms with Crippen molar-refractivity contribution in [1.29, 1.82) is 0 Å². The average Bonchev–Trinajstić information content (AvgIpc) is 3.75. The van der Waals surface area contributed by atoms with Crippen molar-refractivity contribution in [3.63, 3.8) is 0 Å². The Labute approximate surface area is 272 Å². The molecule has 1 amide bonds. The van der Waals surface area contributed by atoms with E-state index in [4.69, 9.17) is 18.4 Å². The van der Waals surface area contributed by atoms with E-state index in [0.29, 0.717) is 35.2 Å². The van der Waals surface area contributed by atoms with Crippen LogP contribution in [0, 0.1) is 6.92 Å². The second-order valence-electron chi connectivity index (χ2n) is 13.3. The Kier molecular flexibility index (Phi) is 9.18. The molecule has 0 spiro atoms. The molecule has 46 heavy (non-hydrogen) atoms. The lowest BCUT2D eigenvalue weighted by molar-refractivity contribution is -0.146. The maximum Gasteiger partial charge on any atom is 0.419 e. The van der Waals surface area contributed by atoms with Crippen LogP contribution in [0.25, 0.3) is 22.5 Å². The van der Waals surface area contributed by atoms with Gasteiger partial charge in [0.25, 0.3) is 0 Å². The lowest BCUT2D eigenvalue weighted by Crippen LogP contribution is -2.43. The van der Waals surface area contributed by atoms with Crippen LogP contribution in [0.5, 0.6) is 5.75 Å². The molecule has 1 saturated carbocycles. The van der Waals surface area contributed by atoms with Crippen molar-refractivity contribution in [3.8, 4) is 28.2 Å². The molecule has 1 aromatic heterocycles. The summed E-state index contributed by atoms with van der Waals surface area (Å²) in [5.41, 5.74) is 4.93. The number of aryl methyl sites for hydroxylation is 1. The first-order valence-corrected chi connectivity index (χ1v) is 18.8. The quantitative estimate of drug-likeness (QED) is 0.126. The van der Waals surface area contributed by atoms with Gasteiger partial charge in [0.15, 0.2) is 5.76 Å². The third-order valence-corrected chi connectivity index (χ3v) is 13.5. The summed E-state index contributed by atoms with van der Waals surface area (Å²) in [4.78, 5) is 27.6. The molecule has 0 atom stereocenters. The molecule has 4 aromatic rings. The fraction of sp³-hybridized carbons (Fsp3) is 0.378. The van der Waals surface area contributed by atoms with E-state index in [-0.39, 0.29) is 17.6 Å². The van der Waals surface area contributed by atoms with Crippen molar-refractivity contribution >= 4 is 31.8 Å². The highest BCUT2D eigenvalue weighted by molar-refractivity contribution is 6.74. The van der Waals surface area contributed by atoms with Crippen LogP contribution in [0.1, 0.15) is 58.7 Å². The van der Waals surface area contributed by atoms with E-state index in [1.54, 1.807) is 6.92 Å². The number of anilines is 2. The third-order valence-electron chi connectivity index (χ3n) is 9.09. The van der Waals surface area contributed by atoms with Gasteiger partial charge in [0.05, 0.1) is 24.3 Å². The summed E-state index contributed by atoms with van der Waals surface area (Å²) in [6.07, 6.45) is 1.10. The van der Waals surface area contributed by atoms with Crippen molar-refractivity contribution in [3.05, 3.63) is 84.1 Å². The number of esters is 1. The summed E-state index contributed by atoms with van der Waals surface area (Å²) < 4.78 is 23.3. The zero-order valence-corrected chi connectivity index (χ0v) is 29.1. The van der Waals surface area contributed by atoms with Crippen LogP contribution in [0.2, 0.25) is 18.1 Å². The molecule has 5 rings (SSSR count). The Morgan fingerprint density at radius 1 is 0.891 bits per heavy atom. The molecule has 1 heterocycles. The Hall–Kier alpha value is -4.37. The number of carbonyl (C=O) groups is 2. The van der Waals surface area contributed by atoms with Crippen molar-refractivity contribution in [2.24, 2.45) is 0 Å². The second kappa shape index (κ2) is 12.8. The lowest BCUT2D eigenvalue weighted by Gasteiger charge is -2.36. The van der Waals surface area contributed by atoms with E-state index in [2.05, 4.69) is 39.0 Å². The van der Waals surface area contributed by atoms with Gasteiger partial charge in [0, 0.05) is 11.6 Å². The topological polar surface area (TPSA) is 91.1 Å². The van der Waals surface area contributed by atoms with Crippen molar-refractivity contribution in [1.82, 2.24) is 5.16 Å². The van der Waals surface area contributed by atoms with E-state index in [1.165, 1.54) is 4.90 Å². The summed E-state index contributed by atoms with van der Waals surface area (Å²) in [5.74, 6) is 1.00. The monoisotopic (exact) mass is 640 g/mol. The Balaban J connectivity index is 1.45. The number of aromatic nitrogens is 1. The van der Waals surface area contributed by atoms with E-state index in [0.717, 1.165) is 35.1 Å². The fourth-order valence-electron chi connectivity index (χ4n) is 5.27. The SMILES string of the molecule is CCOC(=O)N(c1cccc(O[Si](C)(C)C(C)(C)C)c1)c1c(C)noc1-c1ccc(-c2ccc(C3(C(=O)OCC)CC3)cc2)cc1. The zero-order valence-electron chi connectivity index (χ0n) is 28.1. The number of amides is 1. The molecule has 1 fully saturated rings. The highest BCUT2D eigenvalue weighted by Gasteiger charge is 2.52. The van der Waals surface area contributed by atoms with Gasteiger partial charge in [-0.1, -0.05) is 80.5 Å². The molecule has 3 aromatic carbocycles. The van der Waals surface area contributed by atoms with Gasteiger partial charge in [-0.15, -0.1) is 0 Å². The number of benzene rings is 3. The van der Waals surface area contributed by atoms with Crippen LogP contribution in [0.4, 0.5) is 16.2 Å². The number of rotatable bonds is 10. The largest absolute Gasteiger partial charge is 0.543 e. The summed E-state index contributed by atoms with van der Waals surface area (Å²) in [6.45, 7) is 17.0. The minimum Gasteiger partial charge on any atom is -0.543 e. The highest BCUT2D eigenvalue weighted by Crippen LogP contribution is 2.49. The lowest BCUT2D eigenvalue weighted by atomic mass is 9.93. The summed E-state index contributed by atoms with van der Waals surface area (Å²) in [5, 5.41) is 4.27. The predicted octanol–water partition coefficient (Wildman–Crippen LogP) is 9.59. The Morgan fingerprint density at radius 2 is 1.48 bits per heavy atom. The molecule has 0 unspecified atom stereocenters. The zero-order chi connectivity index (χ0) is 33.3. The molecule has 0 saturated heterocycles. The number of hydrogen-bond donors (Lipinski definition) is 0. The molecular weight excluding hydrogens is 597 g/mol. The van der Waals surface area contributed by atoms with Gasteiger partial charge in [-0.2, -0.15) is 0 Å². The van der Waals surface area contributed by atoms with Gasteiger partial charge < -0.3 is 18.4 Å². The highest BCUT2D eigenvalue weighted by atomic mass is 28.4. The Bertz CT molecular complexity index is 1700. The van der Waals surface area contributed by atoms with Crippen LogP contribution in [-0.2, 0) is 19.7 Å². The van der Waals surface area contributed by atoms with Gasteiger partial charge in [-0.25, -0.2) is 9.69 Å². The number of nitrogens with zero attached hydrogens (tertiary/aromatic N) is 2. The number of carbonyl (C=O) groups excluding carboxylic acids is 2. The Morgan fingerprint density at radius 3 is 2.04 bits per heavy atom. The minimum absolute atomic E-state index is 0.0122. The van der Waals surface area contributed by atoms with Gasteiger partial charge >= 0.3 is 12.1 Å². The minimum atomic E-state index is -2.12. The second-order valence-corrected chi connectivity index (χ2v) is 18.0. The van der Waals surface area contributed by atoms with Crippen molar-refractivity contribution in [2.45, 2.75) is 77.9 Å². The molecule has 0 N–H and O–H groups in total. The molecule has 1 aliphatic rings. The van der Waals surface area contributed by atoms with E-state index < -0.39 is 19.8 Å². The summed E-state index contributed by atoms with van der Waals surface area (Å²) in [7, 11) is -2.12. The van der Waals surface area contributed by atoms with E-state index >= 15 is 0 Å². The van der Waals surface area contributed by atoms with Crippen LogP contribution in [-0.4, -0.2) is 38.8 Å². The molecule has 8 nitrogen and oxygen atoms in total. The smallest absolute Gasteiger partial charge is 0.419 e. The van der Waals surface area contributed by atoms with Crippen LogP contribution in [0.3, 0.4) is 0 Å². The molecule has 242 valence electrons. The van der Waals surface area contributed by atoms with Crippen molar-refractivity contribution in [2.75, 3.05) is 18.1 Å². The fourth-order valence-corrected chi connectivity index (χ4v) is 6.29. The van der Waals surface area contributed by atoms with Crippen molar-refractivity contribution < 1.29 is 28.0 Å². The molecule has 0 radical (unpaired) electrons. The van der Waals surface area contributed by atoms with Gasteiger partial charge in [0.2, 0.25) is 8.32 Å². The van der Waals surface area contributed by atoms with Gasteiger partial charge in [-0.05, 0) is 80.6 Å².